The molecule has 2 rings (SSSR count). The number of allylic oxidation sites excluding steroid dienone is 2. The van der Waals surface area contributed by atoms with Crippen LogP contribution in [0.1, 0.15) is 20.8 Å². The van der Waals surface area contributed by atoms with Crippen LogP contribution in [0, 0.1) is 0 Å². The molecule has 0 radical (unpaired) electrons. The first-order valence-corrected chi connectivity index (χ1v) is 4.57. The monoisotopic (exact) mass is 177 g/mol. The molecule has 2 aliphatic rings. The van der Waals surface area contributed by atoms with Crippen LogP contribution in [0.4, 0.5) is 0 Å². The quantitative estimate of drug-likeness (QED) is 0.561. The second-order valence-corrected chi connectivity index (χ2v) is 4.28. The Morgan fingerprint density at radius 2 is 2.15 bits per heavy atom. The van der Waals surface area contributed by atoms with Crippen molar-refractivity contribution in [2.24, 2.45) is 4.99 Å². The average Bonchev–Trinajstić information content (AvgIpc) is 2.48. The number of fused-ring (bicyclic) bond motifs is 1. The molecule has 0 amide bonds. The van der Waals surface area contributed by atoms with Crippen LogP contribution >= 0.6 is 0 Å². The molecule has 0 atom stereocenters. The highest BCUT2D eigenvalue weighted by molar-refractivity contribution is 5.65. The van der Waals surface area contributed by atoms with E-state index in [0.29, 0.717) is 0 Å². The molecule has 0 aliphatic carbocycles. The van der Waals surface area contributed by atoms with Crippen LogP contribution in [0.5, 0.6) is 0 Å². The first-order valence-electron chi connectivity index (χ1n) is 4.57. The zero-order valence-corrected chi connectivity index (χ0v) is 8.36. The first kappa shape index (κ1) is 8.35. The summed E-state index contributed by atoms with van der Waals surface area (Å²) in [6, 6.07) is 0. The van der Waals surface area contributed by atoms with E-state index in [1.165, 1.54) is 0 Å². The molecule has 0 aromatic heterocycles. The van der Waals surface area contributed by atoms with Gasteiger partial charge in [0.25, 0.3) is 0 Å². The maximum absolute atomic E-state index is 4.29. The molecule has 13 heavy (non-hydrogen) atoms. The van der Waals surface area contributed by atoms with Gasteiger partial charge >= 0.3 is 0 Å². The Balaban J connectivity index is 2.26. The molecular formula is C10H15N3. The van der Waals surface area contributed by atoms with Crippen LogP contribution in [0.15, 0.2) is 29.2 Å². The van der Waals surface area contributed by atoms with Gasteiger partial charge in [-0.2, -0.15) is 0 Å². The van der Waals surface area contributed by atoms with Gasteiger partial charge in [0.2, 0.25) is 0 Å². The van der Waals surface area contributed by atoms with Crippen LogP contribution in [-0.4, -0.2) is 28.3 Å². The Hall–Kier alpha value is -1.25. The molecule has 3 nitrogen and oxygen atoms in total. The maximum atomic E-state index is 4.29. The van der Waals surface area contributed by atoms with Gasteiger partial charge in [-0.05, 0) is 32.9 Å². The fourth-order valence-corrected chi connectivity index (χ4v) is 1.58. The van der Waals surface area contributed by atoms with E-state index in [4.69, 9.17) is 0 Å². The van der Waals surface area contributed by atoms with Gasteiger partial charge < -0.3 is 0 Å². The number of hydrogen-bond donors (Lipinski definition) is 0. The summed E-state index contributed by atoms with van der Waals surface area (Å²) >= 11 is 0. The molecule has 0 bridgehead atoms. The standard InChI is InChI=1S/C10H15N3/c1-10(2,3)13-7-4-5-9-11-6-8-12(9)13/h4-7H,8H2,1-3H3. The molecule has 2 heterocycles. The lowest BCUT2D eigenvalue weighted by Crippen LogP contribution is -2.48. The highest BCUT2D eigenvalue weighted by Gasteiger charge is 2.28. The summed E-state index contributed by atoms with van der Waals surface area (Å²) in [6.45, 7) is 7.46. The minimum Gasteiger partial charge on any atom is -0.286 e. The summed E-state index contributed by atoms with van der Waals surface area (Å²) in [7, 11) is 0. The van der Waals surface area contributed by atoms with E-state index in [9.17, 15) is 0 Å². The van der Waals surface area contributed by atoms with Crippen molar-refractivity contribution >= 4 is 6.21 Å². The molecule has 2 aliphatic heterocycles. The van der Waals surface area contributed by atoms with E-state index in [-0.39, 0.29) is 5.54 Å². The number of aliphatic imine (C=N–C) groups is 1. The largest absolute Gasteiger partial charge is 0.286 e. The van der Waals surface area contributed by atoms with E-state index < -0.39 is 0 Å². The number of hydrazine groups is 1. The molecule has 0 saturated carbocycles. The van der Waals surface area contributed by atoms with Crippen molar-refractivity contribution in [1.29, 1.82) is 0 Å². The molecule has 0 unspecified atom stereocenters. The van der Waals surface area contributed by atoms with Crippen molar-refractivity contribution in [3.8, 4) is 0 Å². The van der Waals surface area contributed by atoms with Crippen molar-refractivity contribution in [3.63, 3.8) is 0 Å². The minimum absolute atomic E-state index is 0.115. The number of nitrogens with zero attached hydrogens (tertiary/aromatic N) is 3. The first-order chi connectivity index (χ1) is 6.09. The van der Waals surface area contributed by atoms with Crippen LogP contribution < -0.4 is 0 Å². The van der Waals surface area contributed by atoms with Gasteiger partial charge in [0.05, 0.1) is 12.1 Å². The molecule has 0 saturated heterocycles. The van der Waals surface area contributed by atoms with Gasteiger partial charge in [-0.15, -0.1) is 0 Å². The van der Waals surface area contributed by atoms with Crippen molar-refractivity contribution in [2.45, 2.75) is 26.3 Å². The van der Waals surface area contributed by atoms with Gasteiger partial charge in [-0.25, -0.2) is 4.99 Å². The van der Waals surface area contributed by atoms with E-state index in [1.54, 1.807) is 0 Å². The third-order valence-corrected chi connectivity index (χ3v) is 2.16. The predicted octanol–water partition coefficient (Wildman–Crippen LogP) is 1.76. The Bertz CT molecular complexity index is 294. The Kier molecular flexibility index (Phi) is 1.68. The van der Waals surface area contributed by atoms with Gasteiger partial charge in [0.1, 0.15) is 5.82 Å². The summed E-state index contributed by atoms with van der Waals surface area (Å²) in [5.41, 5.74) is 0.115. The fourth-order valence-electron chi connectivity index (χ4n) is 1.58. The normalized spacial score (nSPS) is 20.7. The van der Waals surface area contributed by atoms with Crippen molar-refractivity contribution in [1.82, 2.24) is 10.0 Å². The molecular weight excluding hydrogens is 162 g/mol. The molecule has 0 N–H and O–H groups in total. The third kappa shape index (κ3) is 1.34. The van der Waals surface area contributed by atoms with Gasteiger partial charge in [0.15, 0.2) is 0 Å². The van der Waals surface area contributed by atoms with Crippen LogP contribution in [0.25, 0.3) is 0 Å². The van der Waals surface area contributed by atoms with E-state index in [1.807, 2.05) is 18.4 Å². The second kappa shape index (κ2) is 2.62. The number of rotatable bonds is 0. The SMILES string of the molecule is CC(C)(C)N1C=CC=C2N=CCN21. The average molecular weight is 177 g/mol. The Morgan fingerprint density at radius 3 is 2.85 bits per heavy atom. The van der Waals surface area contributed by atoms with Crippen molar-refractivity contribution < 1.29 is 0 Å². The van der Waals surface area contributed by atoms with Gasteiger partial charge in [0, 0.05) is 12.4 Å². The molecule has 0 aromatic rings. The Morgan fingerprint density at radius 1 is 1.38 bits per heavy atom. The van der Waals surface area contributed by atoms with E-state index >= 15 is 0 Å². The third-order valence-electron chi connectivity index (χ3n) is 2.16. The van der Waals surface area contributed by atoms with Crippen molar-refractivity contribution in [2.75, 3.05) is 6.54 Å². The summed E-state index contributed by atoms with van der Waals surface area (Å²) in [6.07, 6.45) is 8.11. The lowest BCUT2D eigenvalue weighted by atomic mass is 10.1. The lowest BCUT2D eigenvalue weighted by molar-refractivity contribution is -0.00300. The summed E-state index contributed by atoms with van der Waals surface area (Å²) in [4.78, 5) is 4.29. The highest BCUT2D eigenvalue weighted by Crippen LogP contribution is 2.26. The van der Waals surface area contributed by atoms with E-state index in [2.05, 4.69) is 42.0 Å². The molecule has 0 aromatic carbocycles. The summed E-state index contributed by atoms with van der Waals surface area (Å²) in [5.74, 6) is 1.04. The highest BCUT2D eigenvalue weighted by atomic mass is 15.7. The zero-order valence-electron chi connectivity index (χ0n) is 8.36. The zero-order chi connectivity index (χ0) is 9.47. The van der Waals surface area contributed by atoms with Crippen molar-refractivity contribution in [3.05, 3.63) is 24.2 Å². The van der Waals surface area contributed by atoms with Gasteiger partial charge in [-0.1, -0.05) is 0 Å². The summed E-state index contributed by atoms with van der Waals surface area (Å²) < 4.78 is 0. The molecule has 0 spiro atoms. The molecule has 3 heteroatoms. The molecule has 0 fully saturated rings. The minimum atomic E-state index is 0.115. The van der Waals surface area contributed by atoms with Crippen LogP contribution in [0.2, 0.25) is 0 Å². The predicted molar refractivity (Wildman–Crippen MR) is 54.0 cm³/mol. The van der Waals surface area contributed by atoms with Crippen LogP contribution in [0.3, 0.4) is 0 Å². The van der Waals surface area contributed by atoms with E-state index in [0.717, 1.165) is 12.4 Å². The van der Waals surface area contributed by atoms with Crippen LogP contribution in [-0.2, 0) is 0 Å². The second-order valence-electron chi connectivity index (χ2n) is 4.28. The Labute approximate surface area is 79.0 Å². The lowest BCUT2D eigenvalue weighted by Gasteiger charge is -2.43. The fraction of sp³-hybridized carbons (Fsp3) is 0.500. The van der Waals surface area contributed by atoms with Gasteiger partial charge in [-0.3, -0.25) is 10.0 Å². The molecule has 70 valence electrons. The maximum Gasteiger partial charge on any atom is 0.147 e. The smallest absolute Gasteiger partial charge is 0.147 e. The summed E-state index contributed by atoms with van der Waals surface area (Å²) in [5, 5.41) is 4.40. The topological polar surface area (TPSA) is 18.8 Å². The number of hydrogen-bond acceptors (Lipinski definition) is 3.